The van der Waals surface area contributed by atoms with Crippen LogP contribution in [-0.2, 0) is 9.59 Å². The Labute approximate surface area is 140 Å². The van der Waals surface area contributed by atoms with Crippen LogP contribution in [0, 0.1) is 5.92 Å². The van der Waals surface area contributed by atoms with Gasteiger partial charge < -0.3 is 21.1 Å². The highest BCUT2D eigenvalue weighted by Crippen LogP contribution is 2.23. The fraction of sp³-hybridized carbons (Fsp3) is 0.800. The van der Waals surface area contributed by atoms with Crippen LogP contribution in [0.2, 0.25) is 0 Å². The second-order valence-electron chi connectivity index (χ2n) is 6.76. The number of likely N-dealkylation sites (tertiary alicyclic amines) is 2. The maximum Gasteiger partial charge on any atom is 0.408 e. The first-order chi connectivity index (χ1) is 11.2. The molecule has 2 heterocycles. The van der Waals surface area contributed by atoms with Gasteiger partial charge in [-0.1, -0.05) is 13.8 Å². The summed E-state index contributed by atoms with van der Waals surface area (Å²) in [6.45, 7) is 3.94. The molecule has 2 aliphatic rings. The predicted octanol–water partition coefficient (Wildman–Crippen LogP) is -0.223. The summed E-state index contributed by atoms with van der Waals surface area (Å²) in [7, 11) is 0. The lowest BCUT2D eigenvalue weighted by atomic mass is 10.1. The molecule has 2 saturated heterocycles. The molecule has 0 spiro atoms. The van der Waals surface area contributed by atoms with Gasteiger partial charge in [-0.3, -0.25) is 14.5 Å². The van der Waals surface area contributed by atoms with Crippen LogP contribution in [0.5, 0.6) is 0 Å². The molecule has 0 aromatic rings. The summed E-state index contributed by atoms with van der Waals surface area (Å²) in [5.74, 6) is -0.714. The van der Waals surface area contributed by atoms with Crippen molar-refractivity contribution in [1.82, 2.24) is 15.1 Å². The van der Waals surface area contributed by atoms with E-state index in [2.05, 4.69) is 5.32 Å². The van der Waals surface area contributed by atoms with Gasteiger partial charge in [0.25, 0.3) is 0 Å². The van der Waals surface area contributed by atoms with Gasteiger partial charge in [0.2, 0.25) is 11.8 Å². The molecule has 0 bridgehead atoms. The minimum Gasteiger partial charge on any atom is -0.465 e. The molecule has 2 aliphatic heterocycles. The van der Waals surface area contributed by atoms with E-state index in [1.54, 1.807) is 18.7 Å². The maximum atomic E-state index is 13.5. The zero-order valence-electron chi connectivity index (χ0n) is 13.9. The van der Waals surface area contributed by atoms with E-state index in [-0.39, 0.29) is 36.9 Å². The third kappa shape index (κ3) is 3.77. The van der Waals surface area contributed by atoms with Crippen molar-refractivity contribution in [3.8, 4) is 0 Å². The molecule has 0 radical (unpaired) electrons. The standard InChI is InChI=1S/C15H25FN4O4/c1-8(2)14(22)19-7-10(4-11(19)5-17)18-13(21)12-3-9(16)6-20(12)15(23)24/h8-12H,3-7,17H2,1-2H3,(H,18,21)(H,23,24)/t9-,10+,11+,12-/m0/s1. The van der Waals surface area contributed by atoms with Crippen LogP contribution in [0.4, 0.5) is 9.18 Å². The van der Waals surface area contributed by atoms with Crippen molar-refractivity contribution in [2.45, 2.75) is 51.0 Å². The lowest BCUT2D eigenvalue weighted by Gasteiger charge is -2.25. The number of carboxylic acid groups (broad SMARTS) is 1. The molecule has 2 fully saturated rings. The fourth-order valence-electron chi connectivity index (χ4n) is 3.39. The number of nitrogens with zero attached hydrogens (tertiary/aromatic N) is 2. The molecule has 2 rings (SSSR count). The Morgan fingerprint density at radius 1 is 1.25 bits per heavy atom. The Morgan fingerprint density at radius 2 is 1.92 bits per heavy atom. The summed E-state index contributed by atoms with van der Waals surface area (Å²) in [6.07, 6.45) is -2.27. The molecule has 8 nitrogen and oxygen atoms in total. The monoisotopic (exact) mass is 344 g/mol. The Kier molecular flexibility index (Phi) is 5.63. The summed E-state index contributed by atoms with van der Waals surface area (Å²) >= 11 is 0. The molecule has 24 heavy (non-hydrogen) atoms. The number of carbonyl (C=O) groups is 3. The summed E-state index contributed by atoms with van der Waals surface area (Å²) in [5, 5.41) is 11.8. The van der Waals surface area contributed by atoms with Crippen LogP contribution in [0.3, 0.4) is 0 Å². The summed E-state index contributed by atoms with van der Waals surface area (Å²) in [5.41, 5.74) is 5.72. The molecule has 0 aromatic carbocycles. The normalized spacial score (nSPS) is 30.0. The van der Waals surface area contributed by atoms with E-state index in [0.29, 0.717) is 19.5 Å². The maximum absolute atomic E-state index is 13.5. The van der Waals surface area contributed by atoms with Crippen LogP contribution >= 0.6 is 0 Å². The Morgan fingerprint density at radius 3 is 2.46 bits per heavy atom. The zero-order valence-corrected chi connectivity index (χ0v) is 13.9. The average Bonchev–Trinajstić information content (AvgIpc) is 3.09. The van der Waals surface area contributed by atoms with Gasteiger partial charge in [-0.05, 0) is 6.42 Å². The number of amides is 3. The molecule has 4 N–H and O–H groups in total. The average molecular weight is 344 g/mol. The molecule has 0 unspecified atom stereocenters. The van der Waals surface area contributed by atoms with E-state index in [9.17, 15) is 18.8 Å². The van der Waals surface area contributed by atoms with Gasteiger partial charge in [-0.15, -0.1) is 0 Å². The van der Waals surface area contributed by atoms with Crippen LogP contribution in [0.1, 0.15) is 26.7 Å². The Bertz CT molecular complexity index is 516. The number of nitrogens with one attached hydrogen (secondary N) is 1. The summed E-state index contributed by atoms with van der Waals surface area (Å²) in [4.78, 5) is 38.2. The molecule has 3 amide bonds. The van der Waals surface area contributed by atoms with E-state index in [1.165, 1.54) is 0 Å². The highest BCUT2D eigenvalue weighted by Gasteiger charge is 2.42. The number of hydrogen-bond donors (Lipinski definition) is 3. The van der Waals surface area contributed by atoms with Gasteiger partial charge >= 0.3 is 6.09 Å². The summed E-state index contributed by atoms with van der Waals surface area (Å²) in [6, 6.07) is -1.48. The number of rotatable bonds is 4. The molecule has 9 heteroatoms. The first-order valence-corrected chi connectivity index (χ1v) is 8.19. The first-order valence-electron chi connectivity index (χ1n) is 8.19. The molecular weight excluding hydrogens is 319 g/mol. The van der Waals surface area contributed by atoms with Gasteiger partial charge in [0.05, 0.1) is 6.54 Å². The Balaban J connectivity index is 1.99. The number of halogens is 1. The molecule has 136 valence electrons. The lowest BCUT2D eigenvalue weighted by molar-refractivity contribution is -0.135. The minimum absolute atomic E-state index is 0.0287. The lowest BCUT2D eigenvalue weighted by Crippen LogP contribution is -2.49. The van der Waals surface area contributed by atoms with Crippen LogP contribution in [-0.4, -0.2) is 76.7 Å². The second kappa shape index (κ2) is 7.33. The fourth-order valence-corrected chi connectivity index (χ4v) is 3.39. The Hall–Kier alpha value is -1.90. The van der Waals surface area contributed by atoms with Gasteiger partial charge in [-0.25, -0.2) is 9.18 Å². The molecular formula is C15H25FN4O4. The van der Waals surface area contributed by atoms with Crippen molar-refractivity contribution < 1.29 is 23.9 Å². The van der Waals surface area contributed by atoms with Gasteiger partial charge in [0, 0.05) is 37.5 Å². The molecule has 0 aliphatic carbocycles. The van der Waals surface area contributed by atoms with Gasteiger partial charge in [0.1, 0.15) is 12.2 Å². The third-order valence-corrected chi connectivity index (χ3v) is 4.61. The zero-order chi connectivity index (χ0) is 18.0. The van der Waals surface area contributed by atoms with E-state index >= 15 is 0 Å². The number of hydrogen-bond acceptors (Lipinski definition) is 4. The van der Waals surface area contributed by atoms with Crippen molar-refractivity contribution in [1.29, 1.82) is 0 Å². The van der Waals surface area contributed by atoms with Crippen molar-refractivity contribution in [2.24, 2.45) is 11.7 Å². The highest BCUT2D eigenvalue weighted by molar-refractivity contribution is 5.86. The summed E-state index contributed by atoms with van der Waals surface area (Å²) < 4.78 is 13.5. The van der Waals surface area contributed by atoms with E-state index in [0.717, 1.165) is 4.90 Å². The third-order valence-electron chi connectivity index (χ3n) is 4.61. The van der Waals surface area contributed by atoms with Crippen molar-refractivity contribution in [3.63, 3.8) is 0 Å². The molecule has 0 aromatic heterocycles. The minimum atomic E-state index is -1.34. The van der Waals surface area contributed by atoms with E-state index in [4.69, 9.17) is 10.8 Å². The number of alkyl halides is 1. The van der Waals surface area contributed by atoms with Crippen molar-refractivity contribution in [2.75, 3.05) is 19.6 Å². The topological polar surface area (TPSA) is 116 Å². The van der Waals surface area contributed by atoms with Crippen molar-refractivity contribution in [3.05, 3.63) is 0 Å². The second-order valence-corrected chi connectivity index (χ2v) is 6.76. The van der Waals surface area contributed by atoms with Crippen LogP contribution in [0.15, 0.2) is 0 Å². The molecule has 0 saturated carbocycles. The number of carbonyl (C=O) groups excluding carboxylic acids is 2. The predicted molar refractivity (Wildman–Crippen MR) is 84.0 cm³/mol. The first kappa shape index (κ1) is 18.4. The van der Waals surface area contributed by atoms with Gasteiger partial charge in [-0.2, -0.15) is 0 Å². The number of nitrogens with two attached hydrogens (primary N) is 1. The van der Waals surface area contributed by atoms with E-state index in [1.807, 2.05) is 0 Å². The SMILES string of the molecule is CC(C)C(=O)N1C[C@H](NC(=O)[C@@H]2C[C@H](F)CN2C(=O)O)C[C@@H]1CN. The largest absolute Gasteiger partial charge is 0.465 e. The van der Waals surface area contributed by atoms with E-state index < -0.39 is 24.2 Å². The van der Waals surface area contributed by atoms with Crippen LogP contribution in [0.25, 0.3) is 0 Å². The quantitative estimate of drug-likeness (QED) is 0.652. The smallest absolute Gasteiger partial charge is 0.408 e. The van der Waals surface area contributed by atoms with Crippen LogP contribution < -0.4 is 11.1 Å². The van der Waals surface area contributed by atoms with Gasteiger partial charge in [0.15, 0.2) is 0 Å². The highest BCUT2D eigenvalue weighted by atomic mass is 19.1. The van der Waals surface area contributed by atoms with Crippen molar-refractivity contribution >= 4 is 17.9 Å². The molecule has 4 atom stereocenters.